The Bertz CT molecular complexity index is 1130. The molecular weight excluding hydrogens is 439 g/mol. The number of fused-ring (bicyclic) bond motifs is 2. The first-order chi connectivity index (χ1) is 15.3. The van der Waals surface area contributed by atoms with Crippen LogP contribution in [0.25, 0.3) is 10.7 Å². The van der Waals surface area contributed by atoms with Gasteiger partial charge < -0.3 is 10.2 Å². The Hall–Kier alpha value is -3.01. The average Bonchev–Trinajstić information content (AvgIpc) is 3.50. The van der Waals surface area contributed by atoms with Gasteiger partial charge in [-0.3, -0.25) is 9.78 Å². The highest BCUT2D eigenvalue weighted by Gasteiger charge is 2.47. The van der Waals surface area contributed by atoms with Crippen molar-refractivity contribution >= 4 is 23.1 Å². The molecule has 166 valence electrons. The normalized spacial score (nSPS) is 22.4. The monoisotopic (exact) mass is 459 g/mol. The zero-order valence-electron chi connectivity index (χ0n) is 17.1. The minimum atomic E-state index is -4.42. The molecule has 1 saturated carbocycles. The van der Waals surface area contributed by atoms with Crippen LogP contribution < -0.4 is 5.32 Å². The number of amides is 1. The zero-order valence-corrected chi connectivity index (χ0v) is 18.0. The van der Waals surface area contributed by atoms with Gasteiger partial charge in [-0.25, -0.2) is 9.97 Å². The van der Waals surface area contributed by atoms with E-state index in [-0.39, 0.29) is 18.0 Å². The summed E-state index contributed by atoms with van der Waals surface area (Å²) in [6, 6.07) is 4.08. The minimum Gasteiger partial charge on any atom is -0.365 e. The summed E-state index contributed by atoms with van der Waals surface area (Å²) in [5, 5.41) is 5.79. The van der Waals surface area contributed by atoms with Crippen molar-refractivity contribution in [3.8, 4) is 10.7 Å². The van der Waals surface area contributed by atoms with E-state index < -0.39 is 11.7 Å². The molecule has 0 spiro atoms. The van der Waals surface area contributed by atoms with Crippen LogP contribution in [0.3, 0.4) is 0 Å². The molecule has 2 fully saturated rings. The molecule has 0 radical (unpaired) electrons. The van der Waals surface area contributed by atoms with Gasteiger partial charge in [0.25, 0.3) is 5.91 Å². The van der Waals surface area contributed by atoms with Crippen LogP contribution in [-0.4, -0.2) is 44.4 Å². The van der Waals surface area contributed by atoms with Gasteiger partial charge in [0.2, 0.25) is 0 Å². The molecule has 3 aromatic rings. The maximum atomic E-state index is 13.6. The summed E-state index contributed by atoms with van der Waals surface area (Å²) in [7, 11) is 0. The van der Waals surface area contributed by atoms with Gasteiger partial charge in [0.1, 0.15) is 16.5 Å². The van der Waals surface area contributed by atoms with E-state index in [0.29, 0.717) is 34.5 Å². The van der Waals surface area contributed by atoms with Crippen molar-refractivity contribution in [2.75, 3.05) is 11.9 Å². The molecule has 6 nitrogen and oxygen atoms in total. The lowest BCUT2D eigenvalue weighted by molar-refractivity contribution is -0.137. The van der Waals surface area contributed by atoms with Crippen LogP contribution in [0.2, 0.25) is 0 Å². The molecule has 0 unspecified atom stereocenters. The van der Waals surface area contributed by atoms with E-state index in [1.54, 1.807) is 12.4 Å². The van der Waals surface area contributed by atoms with E-state index in [0.717, 1.165) is 30.7 Å². The number of halogens is 3. The van der Waals surface area contributed by atoms with Gasteiger partial charge in [-0.2, -0.15) is 13.2 Å². The quantitative estimate of drug-likeness (QED) is 0.615. The zero-order chi connectivity index (χ0) is 22.5. The number of anilines is 1. The number of carbonyl (C=O) groups excluding carboxylic acids is 1. The SMILES string of the molecule is Cc1cnc(-c2nccs2)c(C(=O)N2C[C@H]3C[C@@H](Nc4ccc(C(F)(F)F)cn4)[C@@H]2C3)c1. The molecule has 1 amide bonds. The van der Waals surface area contributed by atoms with Crippen LogP contribution in [-0.2, 0) is 6.18 Å². The van der Waals surface area contributed by atoms with E-state index in [4.69, 9.17) is 0 Å². The Labute approximate surface area is 186 Å². The van der Waals surface area contributed by atoms with Gasteiger partial charge in [-0.15, -0.1) is 11.3 Å². The third kappa shape index (κ3) is 3.83. The van der Waals surface area contributed by atoms with Crippen LogP contribution in [0, 0.1) is 12.8 Å². The van der Waals surface area contributed by atoms with Gasteiger partial charge in [-0.05, 0) is 49.4 Å². The fourth-order valence-electron chi connectivity index (χ4n) is 4.65. The molecule has 1 saturated heterocycles. The van der Waals surface area contributed by atoms with Crippen LogP contribution in [0.4, 0.5) is 19.0 Å². The van der Waals surface area contributed by atoms with E-state index in [1.165, 1.54) is 17.4 Å². The lowest BCUT2D eigenvalue weighted by Gasteiger charge is -2.34. The van der Waals surface area contributed by atoms with E-state index in [2.05, 4.69) is 20.3 Å². The maximum absolute atomic E-state index is 13.6. The summed E-state index contributed by atoms with van der Waals surface area (Å²) in [6.45, 7) is 2.56. The molecule has 1 aliphatic carbocycles. The molecule has 32 heavy (non-hydrogen) atoms. The van der Waals surface area contributed by atoms with Gasteiger partial charge in [0.15, 0.2) is 0 Å². The van der Waals surface area contributed by atoms with Crippen LogP contribution in [0.15, 0.2) is 42.2 Å². The Morgan fingerprint density at radius 2 is 2.03 bits per heavy atom. The molecule has 2 bridgehead atoms. The first-order valence-corrected chi connectivity index (χ1v) is 11.1. The third-order valence-electron chi connectivity index (χ3n) is 6.06. The van der Waals surface area contributed by atoms with Crippen molar-refractivity contribution in [1.82, 2.24) is 19.9 Å². The second-order valence-corrected chi connectivity index (χ2v) is 9.18. The minimum absolute atomic E-state index is 0.0544. The fourth-order valence-corrected chi connectivity index (χ4v) is 5.30. The number of pyridine rings is 2. The molecule has 5 rings (SSSR count). The second kappa shape index (κ2) is 7.84. The maximum Gasteiger partial charge on any atom is 0.417 e. The molecule has 3 atom stereocenters. The molecule has 4 heterocycles. The lowest BCUT2D eigenvalue weighted by atomic mass is 10.0. The number of piperidine rings is 1. The number of alkyl halides is 3. The van der Waals surface area contributed by atoms with Crippen molar-refractivity contribution in [1.29, 1.82) is 0 Å². The largest absolute Gasteiger partial charge is 0.417 e. The Balaban J connectivity index is 1.37. The van der Waals surface area contributed by atoms with Crippen molar-refractivity contribution in [2.45, 2.75) is 38.0 Å². The molecular formula is C22H20F3N5OS. The first kappa shape index (κ1) is 20.9. The summed E-state index contributed by atoms with van der Waals surface area (Å²) in [6.07, 6.45) is 1.53. The van der Waals surface area contributed by atoms with Crippen LogP contribution in [0.1, 0.15) is 34.3 Å². The molecule has 3 aromatic heterocycles. The number of aromatic nitrogens is 3. The van der Waals surface area contributed by atoms with Crippen molar-refractivity contribution in [3.05, 3.63) is 58.9 Å². The predicted molar refractivity (Wildman–Crippen MR) is 114 cm³/mol. The van der Waals surface area contributed by atoms with Crippen molar-refractivity contribution in [2.24, 2.45) is 5.92 Å². The number of likely N-dealkylation sites (tertiary alicyclic amines) is 1. The molecule has 1 N–H and O–H groups in total. The van der Waals surface area contributed by atoms with E-state index >= 15 is 0 Å². The fraction of sp³-hybridized carbons (Fsp3) is 0.364. The lowest BCUT2D eigenvalue weighted by Crippen LogP contribution is -2.48. The molecule has 1 aliphatic heterocycles. The van der Waals surface area contributed by atoms with Crippen molar-refractivity contribution < 1.29 is 18.0 Å². The second-order valence-electron chi connectivity index (χ2n) is 8.29. The number of aryl methyl sites for hydroxylation is 1. The number of rotatable bonds is 4. The Morgan fingerprint density at radius 3 is 2.69 bits per heavy atom. The summed E-state index contributed by atoms with van der Waals surface area (Å²) >= 11 is 1.43. The number of thiazole rings is 1. The van der Waals surface area contributed by atoms with Crippen molar-refractivity contribution in [3.63, 3.8) is 0 Å². The number of nitrogens with zero attached hydrogens (tertiary/aromatic N) is 4. The average molecular weight is 459 g/mol. The summed E-state index contributed by atoms with van der Waals surface area (Å²) < 4.78 is 38.4. The van der Waals surface area contributed by atoms with Gasteiger partial charge >= 0.3 is 6.18 Å². The number of hydrogen-bond donors (Lipinski definition) is 1. The van der Waals surface area contributed by atoms with Gasteiger partial charge in [0.05, 0.1) is 17.2 Å². The molecule has 2 aliphatic rings. The highest BCUT2D eigenvalue weighted by molar-refractivity contribution is 7.13. The van der Waals surface area contributed by atoms with Crippen LogP contribution >= 0.6 is 11.3 Å². The molecule has 0 aromatic carbocycles. The summed E-state index contributed by atoms with van der Waals surface area (Å²) in [5.74, 6) is 0.631. The smallest absolute Gasteiger partial charge is 0.365 e. The third-order valence-corrected chi connectivity index (χ3v) is 6.84. The first-order valence-electron chi connectivity index (χ1n) is 10.3. The summed E-state index contributed by atoms with van der Waals surface area (Å²) in [5.41, 5.74) is 1.21. The summed E-state index contributed by atoms with van der Waals surface area (Å²) in [4.78, 5) is 28.1. The molecule has 10 heteroatoms. The Morgan fingerprint density at radius 1 is 1.19 bits per heavy atom. The predicted octanol–water partition coefficient (Wildman–Crippen LogP) is 4.64. The number of hydrogen-bond acceptors (Lipinski definition) is 6. The van der Waals surface area contributed by atoms with Crippen LogP contribution in [0.5, 0.6) is 0 Å². The number of carbonyl (C=O) groups is 1. The highest BCUT2D eigenvalue weighted by Crippen LogP contribution is 2.40. The van der Waals surface area contributed by atoms with Gasteiger partial charge in [-0.1, -0.05) is 0 Å². The Kier molecular flexibility index (Phi) is 5.11. The van der Waals surface area contributed by atoms with E-state index in [9.17, 15) is 18.0 Å². The van der Waals surface area contributed by atoms with Gasteiger partial charge in [0, 0.05) is 36.6 Å². The standard InChI is InChI=1S/C22H20F3N5OS/c1-12-6-15(19(28-9-12)20-26-4-5-32-20)21(31)30-11-13-7-16(17(30)8-13)29-18-3-2-14(10-27-18)22(23,24)25/h2-6,9-10,13,16-17H,7-8,11H2,1H3,(H,27,29)/t13-,16+,17-/m0/s1. The topological polar surface area (TPSA) is 71.0 Å². The van der Waals surface area contributed by atoms with E-state index in [1.807, 2.05) is 23.3 Å². The highest BCUT2D eigenvalue weighted by atomic mass is 32.1. The number of nitrogens with one attached hydrogen (secondary N) is 1.